The standard InChI is InChI=1S/C9H9BrO2/c1-6-5-11-9-7(10)3-2-4-8(9)12-6/h2-4,6H,5H2,1H3. The summed E-state index contributed by atoms with van der Waals surface area (Å²) in [5.41, 5.74) is 0. The number of fused-ring (bicyclic) bond motifs is 1. The van der Waals surface area contributed by atoms with E-state index in [1.54, 1.807) is 0 Å². The second kappa shape index (κ2) is 2.98. The van der Waals surface area contributed by atoms with Gasteiger partial charge in [-0.2, -0.15) is 0 Å². The first-order valence-electron chi connectivity index (χ1n) is 3.85. The summed E-state index contributed by atoms with van der Waals surface area (Å²) in [6.07, 6.45) is 0.145. The van der Waals surface area contributed by atoms with E-state index < -0.39 is 0 Å². The summed E-state index contributed by atoms with van der Waals surface area (Å²) in [5, 5.41) is 0. The average Bonchev–Trinajstić information content (AvgIpc) is 2.04. The fourth-order valence-electron chi connectivity index (χ4n) is 1.17. The molecular weight excluding hydrogens is 220 g/mol. The van der Waals surface area contributed by atoms with Crippen LogP contribution in [0.2, 0.25) is 0 Å². The molecule has 0 saturated carbocycles. The molecule has 1 heterocycles. The molecule has 0 spiro atoms. The van der Waals surface area contributed by atoms with Crippen LogP contribution in [0.15, 0.2) is 22.7 Å². The molecule has 2 rings (SSSR count). The van der Waals surface area contributed by atoms with Gasteiger partial charge in [-0.15, -0.1) is 0 Å². The zero-order valence-corrected chi connectivity index (χ0v) is 8.30. The number of ether oxygens (including phenoxy) is 2. The second-order valence-electron chi connectivity index (χ2n) is 2.81. The van der Waals surface area contributed by atoms with E-state index in [4.69, 9.17) is 9.47 Å². The lowest BCUT2D eigenvalue weighted by Crippen LogP contribution is -2.25. The van der Waals surface area contributed by atoms with E-state index in [1.165, 1.54) is 0 Å². The van der Waals surface area contributed by atoms with Crippen LogP contribution >= 0.6 is 15.9 Å². The van der Waals surface area contributed by atoms with Crippen LogP contribution in [-0.2, 0) is 0 Å². The summed E-state index contributed by atoms with van der Waals surface area (Å²) in [5.74, 6) is 1.64. The van der Waals surface area contributed by atoms with E-state index in [2.05, 4.69) is 15.9 Å². The average molecular weight is 229 g/mol. The summed E-state index contributed by atoms with van der Waals surface area (Å²) in [6.45, 7) is 2.61. The monoisotopic (exact) mass is 228 g/mol. The normalized spacial score (nSPS) is 20.7. The van der Waals surface area contributed by atoms with Gasteiger partial charge in [0, 0.05) is 0 Å². The number of para-hydroxylation sites is 1. The quantitative estimate of drug-likeness (QED) is 0.680. The lowest BCUT2D eigenvalue weighted by atomic mass is 10.3. The van der Waals surface area contributed by atoms with Crippen molar-refractivity contribution in [2.24, 2.45) is 0 Å². The smallest absolute Gasteiger partial charge is 0.175 e. The summed E-state index contributed by atoms with van der Waals surface area (Å²) in [6, 6.07) is 5.79. The molecule has 0 N–H and O–H groups in total. The van der Waals surface area contributed by atoms with Gasteiger partial charge in [-0.05, 0) is 35.0 Å². The van der Waals surface area contributed by atoms with Crippen molar-refractivity contribution in [2.45, 2.75) is 13.0 Å². The summed E-state index contributed by atoms with van der Waals surface area (Å²) >= 11 is 3.40. The van der Waals surface area contributed by atoms with Crippen molar-refractivity contribution >= 4 is 15.9 Å². The van der Waals surface area contributed by atoms with E-state index in [9.17, 15) is 0 Å². The van der Waals surface area contributed by atoms with Crippen LogP contribution in [0.4, 0.5) is 0 Å². The van der Waals surface area contributed by atoms with Crippen LogP contribution in [0, 0.1) is 0 Å². The third-order valence-electron chi connectivity index (χ3n) is 1.72. The van der Waals surface area contributed by atoms with Gasteiger partial charge in [0.1, 0.15) is 12.7 Å². The van der Waals surface area contributed by atoms with Gasteiger partial charge in [0.25, 0.3) is 0 Å². The van der Waals surface area contributed by atoms with Crippen molar-refractivity contribution in [3.05, 3.63) is 22.7 Å². The van der Waals surface area contributed by atoms with Crippen LogP contribution in [0.3, 0.4) is 0 Å². The number of hydrogen-bond donors (Lipinski definition) is 0. The van der Waals surface area contributed by atoms with Gasteiger partial charge in [-0.25, -0.2) is 0 Å². The van der Waals surface area contributed by atoms with Crippen molar-refractivity contribution in [3.63, 3.8) is 0 Å². The Balaban J connectivity index is 2.42. The predicted molar refractivity (Wildman–Crippen MR) is 49.7 cm³/mol. The molecule has 0 amide bonds. The van der Waals surface area contributed by atoms with Gasteiger partial charge in [0.2, 0.25) is 0 Å². The number of rotatable bonds is 0. The van der Waals surface area contributed by atoms with Gasteiger partial charge < -0.3 is 9.47 Å². The zero-order chi connectivity index (χ0) is 8.55. The minimum absolute atomic E-state index is 0.145. The molecule has 1 aromatic carbocycles. The maximum absolute atomic E-state index is 5.56. The molecular formula is C9H9BrO2. The molecule has 0 aromatic heterocycles. The van der Waals surface area contributed by atoms with Crippen LogP contribution in [0.25, 0.3) is 0 Å². The Bertz CT molecular complexity index is 299. The molecule has 0 aliphatic carbocycles. The van der Waals surface area contributed by atoms with Gasteiger partial charge in [-0.3, -0.25) is 0 Å². The van der Waals surface area contributed by atoms with Gasteiger partial charge in [0.15, 0.2) is 11.5 Å². The van der Waals surface area contributed by atoms with Crippen LogP contribution in [0.5, 0.6) is 11.5 Å². The topological polar surface area (TPSA) is 18.5 Å². The van der Waals surface area contributed by atoms with Crippen LogP contribution in [-0.4, -0.2) is 12.7 Å². The van der Waals surface area contributed by atoms with E-state index in [0.29, 0.717) is 6.61 Å². The molecule has 3 heteroatoms. The Hall–Kier alpha value is -0.700. The molecule has 1 unspecified atom stereocenters. The molecule has 0 radical (unpaired) electrons. The minimum atomic E-state index is 0.145. The first-order chi connectivity index (χ1) is 5.77. The maximum atomic E-state index is 5.56. The first-order valence-corrected chi connectivity index (χ1v) is 4.64. The predicted octanol–water partition coefficient (Wildman–Crippen LogP) is 2.61. The Morgan fingerprint density at radius 1 is 1.50 bits per heavy atom. The Morgan fingerprint density at radius 3 is 3.17 bits per heavy atom. The lowest BCUT2D eigenvalue weighted by Gasteiger charge is -2.24. The highest BCUT2D eigenvalue weighted by molar-refractivity contribution is 9.10. The fraction of sp³-hybridized carbons (Fsp3) is 0.333. The Morgan fingerprint density at radius 2 is 2.33 bits per heavy atom. The zero-order valence-electron chi connectivity index (χ0n) is 6.71. The molecule has 12 heavy (non-hydrogen) atoms. The lowest BCUT2D eigenvalue weighted by molar-refractivity contribution is 0.103. The van der Waals surface area contributed by atoms with Gasteiger partial charge in [-0.1, -0.05) is 6.07 Å². The van der Waals surface area contributed by atoms with E-state index in [-0.39, 0.29) is 6.10 Å². The molecule has 1 aliphatic heterocycles. The third-order valence-corrected chi connectivity index (χ3v) is 2.35. The second-order valence-corrected chi connectivity index (χ2v) is 3.66. The third kappa shape index (κ3) is 1.29. The number of benzene rings is 1. The van der Waals surface area contributed by atoms with Crippen LogP contribution in [0.1, 0.15) is 6.92 Å². The molecule has 1 atom stereocenters. The summed E-state index contributed by atoms with van der Waals surface area (Å²) in [4.78, 5) is 0. The fourth-order valence-corrected chi connectivity index (χ4v) is 1.64. The van der Waals surface area contributed by atoms with Crippen molar-refractivity contribution in [1.29, 1.82) is 0 Å². The van der Waals surface area contributed by atoms with Gasteiger partial charge >= 0.3 is 0 Å². The number of halogens is 1. The Labute approximate surface area is 79.6 Å². The highest BCUT2D eigenvalue weighted by Gasteiger charge is 2.18. The van der Waals surface area contributed by atoms with Gasteiger partial charge in [0.05, 0.1) is 4.47 Å². The van der Waals surface area contributed by atoms with E-state index in [0.717, 1.165) is 16.0 Å². The molecule has 0 fully saturated rings. The van der Waals surface area contributed by atoms with Crippen molar-refractivity contribution in [3.8, 4) is 11.5 Å². The SMILES string of the molecule is CC1COc2c(Br)cccc2O1. The van der Waals surface area contributed by atoms with E-state index in [1.807, 2.05) is 25.1 Å². The molecule has 0 bridgehead atoms. The van der Waals surface area contributed by atoms with Crippen LogP contribution < -0.4 is 9.47 Å². The molecule has 64 valence electrons. The highest BCUT2D eigenvalue weighted by Crippen LogP contribution is 2.37. The molecule has 1 aliphatic rings. The number of hydrogen-bond acceptors (Lipinski definition) is 2. The largest absolute Gasteiger partial charge is 0.485 e. The van der Waals surface area contributed by atoms with E-state index >= 15 is 0 Å². The molecule has 2 nitrogen and oxygen atoms in total. The van der Waals surface area contributed by atoms with Crippen molar-refractivity contribution in [1.82, 2.24) is 0 Å². The highest BCUT2D eigenvalue weighted by atomic mass is 79.9. The first kappa shape index (κ1) is 7.92. The summed E-state index contributed by atoms with van der Waals surface area (Å²) < 4.78 is 12.0. The molecule has 0 saturated heterocycles. The maximum Gasteiger partial charge on any atom is 0.175 e. The van der Waals surface area contributed by atoms with Crippen molar-refractivity contribution < 1.29 is 9.47 Å². The Kier molecular flexibility index (Phi) is 1.97. The minimum Gasteiger partial charge on any atom is -0.485 e. The van der Waals surface area contributed by atoms with Crippen molar-refractivity contribution in [2.75, 3.05) is 6.61 Å². The summed E-state index contributed by atoms with van der Waals surface area (Å²) in [7, 11) is 0. The molecule has 1 aromatic rings.